The van der Waals surface area contributed by atoms with Crippen LogP contribution in [0, 0.1) is 22.7 Å². The number of ketones is 1. The van der Waals surface area contributed by atoms with E-state index in [2.05, 4.69) is 11.8 Å². The van der Waals surface area contributed by atoms with E-state index in [4.69, 9.17) is 9.47 Å². The first-order valence-corrected chi connectivity index (χ1v) is 7.66. The van der Waals surface area contributed by atoms with E-state index in [-0.39, 0.29) is 16.6 Å². The molecule has 1 N–H and O–H groups in total. The highest BCUT2D eigenvalue weighted by Gasteiger charge is 2.39. The second-order valence-corrected chi connectivity index (χ2v) is 7.84. The van der Waals surface area contributed by atoms with Gasteiger partial charge in [0.1, 0.15) is 0 Å². The van der Waals surface area contributed by atoms with E-state index in [1.165, 1.54) is 14.2 Å². The third-order valence-corrected chi connectivity index (χ3v) is 3.65. The molecule has 1 aliphatic carbocycles. The summed E-state index contributed by atoms with van der Waals surface area (Å²) in [5, 5.41) is 10.9. The maximum Gasteiger partial charge on any atom is 0.222 e. The van der Waals surface area contributed by atoms with Crippen molar-refractivity contribution >= 4 is 5.78 Å². The van der Waals surface area contributed by atoms with Crippen molar-refractivity contribution in [2.24, 2.45) is 10.8 Å². The quantitative estimate of drug-likeness (QED) is 0.628. The van der Waals surface area contributed by atoms with Gasteiger partial charge in [-0.25, -0.2) is 0 Å². The van der Waals surface area contributed by atoms with Gasteiger partial charge in [-0.3, -0.25) is 4.79 Å². The molecule has 0 amide bonds. The van der Waals surface area contributed by atoms with Gasteiger partial charge in [-0.2, -0.15) is 0 Å². The van der Waals surface area contributed by atoms with Crippen molar-refractivity contribution in [2.75, 3.05) is 14.2 Å². The van der Waals surface area contributed by atoms with Crippen LogP contribution in [0.15, 0.2) is 23.3 Å². The molecule has 0 aromatic heterocycles. The summed E-state index contributed by atoms with van der Waals surface area (Å²) in [7, 11) is 2.95. The van der Waals surface area contributed by atoms with Crippen molar-refractivity contribution in [1.82, 2.24) is 0 Å². The van der Waals surface area contributed by atoms with Crippen LogP contribution >= 0.6 is 0 Å². The lowest BCUT2D eigenvalue weighted by Crippen LogP contribution is -2.36. The molecule has 0 heterocycles. The first-order valence-electron chi connectivity index (χ1n) is 7.66. The Balaban J connectivity index is 3.46. The van der Waals surface area contributed by atoms with Crippen LogP contribution in [0.5, 0.6) is 0 Å². The largest absolute Gasteiger partial charge is 0.370 e. The third-order valence-electron chi connectivity index (χ3n) is 3.65. The number of Topliss-reactive ketones (excluding diaryl/α,β-unsaturated/α-hetero) is 1. The molecule has 0 saturated heterocycles. The number of allylic oxidation sites excluding steroid dienone is 2. The van der Waals surface area contributed by atoms with Crippen molar-refractivity contribution in [3.63, 3.8) is 0 Å². The highest BCUT2D eigenvalue weighted by Crippen LogP contribution is 2.40. The van der Waals surface area contributed by atoms with Crippen LogP contribution < -0.4 is 0 Å². The number of carbonyl (C=O) groups excluding carboxylic acids is 1. The molecule has 0 spiro atoms. The lowest BCUT2D eigenvalue weighted by molar-refractivity contribution is -0.114. The van der Waals surface area contributed by atoms with Crippen molar-refractivity contribution in [1.29, 1.82) is 0 Å². The predicted octanol–water partition coefficient (Wildman–Crippen LogP) is 2.87. The van der Waals surface area contributed by atoms with Gasteiger partial charge in [0.2, 0.25) is 6.29 Å². The first kappa shape index (κ1) is 19.6. The molecular weight excluding hydrogens is 292 g/mol. The van der Waals surface area contributed by atoms with E-state index < -0.39 is 11.9 Å². The Labute approximate surface area is 139 Å². The van der Waals surface area contributed by atoms with Crippen LogP contribution in [0.3, 0.4) is 0 Å². The van der Waals surface area contributed by atoms with Crippen LogP contribution in [0.4, 0.5) is 0 Å². The van der Waals surface area contributed by atoms with Gasteiger partial charge in [0, 0.05) is 25.4 Å². The van der Waals surface area contributed by atoms with Crippen molar-refractivity contribution in [2.45, 2.75) is 53.4 Å². The maximum absolute atomic E-state index is 12.8. The summed E-state index contributed by atoms with van der Waals surface area (Å²) in [5.41, 5.74) is -1.17. The maximum atomic E-state index is 12.8. The molecule has 0 aliphatic heterocycles. The van der Waals surface area contributed by atoms with Gasteiger partial charge in [-0.1, -0.05) is 47.5 Å². The van der Waals surface area contributed by atoms with Gasteiger partial charge in [-0.15, -0.1) is 0 Å². The molecule has 0 aromatic carbocycles. The monoisotopic (exact) mass is 320 g/mol. The van der Waals surface area contributed by atoms with E-state index in [1.807, 2.05) is 41.5 Å². The average molecular weight is 320 g/mol. The van der Waals surface area contributed by atoms with Crippen molar-refractivity contribution in [3.8, 4) is 11.8 Å². The lowest BCUT2D eigenvalue weighted by Gasteiger charge is -2.34. The zero-order chi connectivity index (χ0) is 18.1. The fourth-order valence-electron chi connectivity index (χ4n) is 2.33. The highest BCUT2D eigenvalue weighted by atomic mass is 16.7. The van der Waals surface area contributed by atoms with Gasteiger partial charge >= 0.3 is 0 Å². The van der Waals surface area contributed by atoms with E-state index in [0.29, 0.717) is 11.1 Å². The molecular formula is C19H28O4. The second kappa shape index (κ2) is 6.60. The molecule has 0 aromatic rings. The number of rotatable bonds is 2. The number of hydrogen-bond acceptors (Lipinski definition) is 4. The van der Waals surface area contributed by atoms with Crippen molar-refractivity contribution in [3.05, 3.63) is 23.3 Å². The zero-order valence-electron chi connectivity index (χ0n) is 15.4. The third kappa shape index (κ3) is 4.78. The minimum absolute atomic E-state index is 0.0356. The van der Waals surface area contributed by atoms with Crippen molar-refractivity contribution < 1.29 is 19.4 Å². The molecule has 0 fully saturated rings. The van der Waals surface area contributed by atoms with E-state index in [1.54, 1.807) is 12.2 Å². The Kier molecular flexibility index (Phi) is 5.64. The van der Waals surface area contributed by atoms with Gasteiger partial charge in [0.25, 0.3) is 0 Å². The minimum Gasteiger partial charge on any atom is -0.370 e. The molecule has 4 heteroatoms. The number of aliphatic hydroxyl groups is 1. The Morgan fingerprint density at radius 3 is 1.70 bits per heavy atom. The summed E-state index contributed by atoms with van der Waals surface area (Å²) in [5.74, 6) is 5.48. The van der Waals surface area contributed by atoms with E-state index >= 15 is 0 Å². The predicted molar refractivity (Wildman–Crippen MR) is 90.6 cm³/mol. The number of carbonyl (C=O) groups is 1. The fourth-order valence-corrected chi connectivity index (χ4v) is 2.33. The average Bonchev–Trinajstić information content (AvgIpc) is 2.40. The van der Waals surface area contributed by atoms with Gasteiger partial charge in [0.15, 0.2) is 11.4 Å². The summed E-state index contributed by atoms with van der Waals surface area (Å²) in [6.45, 7) is 11.7. The fraction of sp³-hybridized carbons (Fsp3) is 0.632. The Hall–Kier alpha value is -1.41. The zero-order valence-corrected chi connectivity index (χ0v) is 15.4. The summed E-state index contributed by atoms with van der Waals surface area (Å²) in [6.07, 6.45) is 2.36. The normalized spacial score (nSPS) is 18.3. The van der Waals surface area contributed by atoms with Gasteiger partial charge in [-0.05, 0) is 28.9 Å². The molecule has 0 bridgehead atoms. The summed E-state index contributed by atoms with van der Waals surface area (Å²) >= 11 is 0. The first-order chi connectivity index (χ1) is 10.3. The molecule has 0 radical (unpaired) electrons. The van der Waals surface area contributed by atoms with Crippen LogP contribution in [-0.4, -0.2) is 37.0 Å². The SMILES string of the molecule is COC(C#CC1(O)C=C(C(C)(C)C)C(=O)C(C(C)(C)C)=C1)OC. The number of methoxy groups -OCH3 is 2. The Morgan fingerprint density at radius 1 is 1.00 bits per heavy atom. The van der Waals surface area contributed by atoms with E-state index in [0.717, 1.165) is 0 Å². The Morgan fingerprint density at radius 2 is 1.39 bits per heavy atom. The summed E-state index contributed by atoms with van der Waals surface area (Å²) < 4.78 is 10.1. The molecule has 0 atom stereocenters. The standard InChI is InChI=1S/C19H28O4/c1-17(2,3)13-11-19(21,10-9-15(22-7)23-8)12-14(16(13)20)18(4,5)6/h11-12,15,21H,1-8H3. The molecule has 4 nitrogen and oxygen atoms in total. The topological polar surface area (TPSA) is 55.8 Å². The van der Waals surface area contributed by atoms with Gasteiger partial charge < -0.3 is 14.6 Å². The second-order valence-electron chi connectivity index (χ2n) is 7.84. The summed E-state index contributed by atoms with van der Waals surface area (Å²) in [6, 6.07) is 0. The Bertz CT molecular complexity index is 548. The molecule has 0 saturated carbocycles. The molecule has 0 unspecified atom stereocenters. The summed E-state index contributed by atoms with van der Waals surface area (Å²) in [4.78, 5) is 12.8. The highest BCUT2D eigenvalue weighted by molar-refractivity contribution is 6.11. The van der Waals surface area contributed by atoms with Crippen LogP contribution in [0.2, 0.25) is 0 Å². The van der Waals surface area contributed by atoms with Gasteiger partial charge in [0.05, 0.1) is 0 Å². The number of ether oxygens (including phenoxy) is 2. The van der Waals surface area contributed by atoms with Crippen LogP contribution in [0.25, 0.3) is 0 Å². The number of hydrogen-bond donors (Lipinski definition) is 1. The van der Waals surface area contributed by atoms with Crippen LogP contribution in [-0.2, 0) is 14.3 Å². The minimum atomic E-state index is -1.52. The lowest BCUT2D eigenvalue weighted by atomic mass is 9.70. The molecule has 1 rings (SSSR count). The smallest absolute Gasteiger partial charge is 0.222 e. The van der Waals surface area contributed by atoms with Crippen LogP contribution in [0.1, 0.15) is 41.5 Å². The van der Waals surface area contributed by atoms with E-state index in [9.17, 15) is 9.90 Å². The molecule has 23 heavy (non-hydrogen) atoms. The molecule has 1 aliphatic rings. The molecule has 128 valence electrons.